The Morgan fingerprint density at radius 2 is 2.11 bits per heavy atom. The van der Waals surface area contributed by atoms with E-state index in [1.807, 2.05) is 43.3 Å². The lowest BCUT2D eigenvalue weighted by Crippen LogP contribution is -2.09. The highest BCUT2D eigenvalue weighted by Gasteiger charge is 2.28. The molecule has 27 heavy (non-hydrogen) atoms. The molecule has 0 fully saturated rings. The lowest BCUT2D eigenvalue weighted by molar-refractivity contribution is -0.137. The molecule has 1 atom stereocenters. The van der Waals surface area contributed by atoms with E-state index in [2.05, 4.69) is 30.5 Å². The van der Waals surface area contributed by atoms with E-state index in [1.165, 1.54) is 0 Å². The molecule has 0 bridgehead atoms. The zero-order valence-corrected chi connectivity index (χ0v) is 16.2. The molecule has 1 aliphatic heterocycles. The average Bonchev–Trinajstić information content (AvgIpc) is 2.97. The van der Waals surface area contributed by atoms with Gasteiger partial charge in [-0.05, 0) is 43.7 Å². The third-order valence-corrected chi connectivity index (χ3v) is 5.04. The van der Waals surface area contributed by atoms with Gasteiger partial charge in [-0.15, -0.1) is 0 Å². The van der Waals surface area contributed by atoms with Crippen molar-refractivity contribution in [2.75, 3.05) is 0 Å². The number of benzene rings is 1. The monoisotopic (exact) mass is 424 g/mol. The molecule has 6 nitrogen and oxygen atoms in total. The van der Waals surface area contributed by atoms with Gasteiger partial charge in [0.1, 0.15) is 11.9 Å². The highest BCUT2D eigenvalue weighted by molar-refractivity contribution is 9.10. The lowest BCUT2D eigenvalue weighted by Gasteiger charge is -2.14. The second-order valence-electron chi connectivity index (χ2n) is 6.40. The number of aliphatic imine (C=N–C) groups is 1. The normalized spacial score (nSPS) is 15.5. The van der Waals surface area contributed by atoms with Crippen LogP contribution in [0.15, 0.2) is 58.3 Å². The van der Waals surface area contributed by atoms with Crippen LogP contribution in [0.4, 0.5) is 0 Å². The Hall–Kier alpha value is -2.80. The summed E-state index contributed by atoms with van der Waals surface area (Å²) in [5.41, 5.74) is 4.37. The van der Waals surface area contributed by atoms with Gasteiger partial charge in [-0.3, -0.25) is 19.3 Å². The number of aliphatic carboxylic acids is 1. The molecule has 0 spiro atoms. The predicted octanol–water partition coefficient (Wildman–Crippen LogP) is 4.10. The first-order valence-electron chi connectivity index (χ1n) is 8.60. The van der Waals surface area contributed by atoms with Crippen LogP contribution < -0.4 is 0 Å². The molecule has 7 heteroatoms. The molecule has 0 amide bonds. The molecule has 0 saturated carbocycles. The second-order valence-corrected chi connectivity index (χ2v) is 7.31. The lowest BCUT2D eigenvalue weighted by atomic mass is 10.0. The predicted molar refractivity (Wildman–Crippen MR) is 105 cm³/mol. The summed E-state index contributed by atoms with van der Waals surface area (Å²) in [5.74, 6) is -0.0906. The Kier molecular flexibility index (Phi) is 4.61. The van der Waals surface area contributed by atoms with Crippen LogP contribution in [0.2, 0.25) is 0 Å². The first kappa shape index (κ1) is 17.6. The Bertz CT molecular complexity index is 1040. The van der Waals surface area contributed by atoms with Gasteiger partial charge < -0.3 is 5.11 Å². The van der Waals surface area contributed by atoms with Crippen molar-refractivity contribution in [1.29, 1.82) is 0 Å². The van der Waals surface area contributed by atoms with Crippen molar-refractivity contribution in [3.63, 3.8) is 0 Å². The summed E-state index contributed by atoms with van der Waals surface area (Å²) in [7, 11) is 0. The van der Waals surface area contributed by atoms with Crippen LogP contribution in [0, 0.1) is 6.92 Å². The van der Waals surface area contributed by atoms with Crippen molar-refractivity contribution in [3.8, 4) is 5.69 Å². The van der Waals surface area contributed by atoms with E-state index in [-0.39, 0.29) is 12.5 Å². The minimum absolute atomic E-state index is 0.0234. The zero-order valence-electron chi connectivity index (χ0n) is 14.6. The number of aryl methyl sites for hydroxylation is 1. The van der Waals surface area contributed by atoms with Crippen LogP contribution in [0.25, 0.3) is 5.69 Å². The van der Waals surface area contributed by atoms with Crippen molar-refractivity contribution >= 4 is 27.6 Å². The summed E-state index contributed by atoms with van der Waals surface area (Å²) in [4.78, 5) is 25.1. The van der Waals surface area contributed by atoms with Crippen molar-refractivity contribution in [1.82, 2.24) is 14.5 Å². The Labute approximate surface area is 164 Å². The van der Waals surface area contributed by atoms with Gasteiger partial charge in [0.25, 0.3) is 0 Å². The first-order chi connectivity index (χ1) is 13.0. The van der Waals surface area contributed by atoms with E-state index < -0.39 is 5.97 Å². The number of pyridine rings is 1. The highest BCUT2D eigenvalue weighted by Crippen LogP contribution is 2.34. The fourth-order valence-corrected chi connectivity index (χ4v) is 3.70. The molecular weight excluding hydrogens is 408 g/mol. The molecular formula is C20H17BrN4O2. The number of carboxylic acids is 1. The highest BCUT2D eigenvalue weighted by atomic mass is 79.9. The Morgan fingerprint density at radius 1 is 1.26 bits per heavy atom. The van der Waals surface area contributed by atoms with E-state index in [0.29, 0.717) is 6.42 Å². The summed E-state index contributed by atoms with van der Waals surface area (Å²) >= 11 is 3.55. The van der Waals surface area contributed by atoms with Crippen LogP contribution in [0.3, 0.4) is 0 Å². The van der Waals surface area contributed by atoms with Crippen molar-refractivity contribution in [3.05, 3.63) is 76.0 Å². The van der Waals surface area contributed by atoms with Crippen molar-refractivity contribution < 1.29 is 9.90 Å². The van der Waals surface area contributed by atoms with Crippen molar-refractivity contribution in [2.24, 2.45) is 4.99 Å². The van der Waals surface area contributed by atoms with Crippen LogP contribution >= 0.6 is 15.9 Å². The van der Waals surface area contributed by atoms with Gasteiger partial charge in [-0.2, -0.15) is 0 Å². The van der Waals surface area contributed by atoms with E-state index in [9.17, 15) is 4.79 Å². The SMILES string of the molecule is Cc1cnc2n1-c1ccc(Br)cc1C(c1ccccn1)=NC2CCC(=O)O. The number of fused-ring (bicyclic) bond motifs is 3. The molecule has 3 aromatic rings. The van der Waals surface area contributed by atoms with Crippen LogP contribution in [-0.2, 0) is 4.79 Å². The number of aromatic nitrogens is 3. The molecule has 1 N–H and O–H groups in total. The number of nitrogens with zero attached hydrogens (tertiary/aromatic N) is 4. The topological polar surface area (TPSA) is 80.4 Å². The van der Waals surface area contributed by atoms with Gasteiger partial charge >= 0.3 is 5.97 Å². The zero-order chi connectivity index (χ0) is 19.0. The van der Waals surface area contributed by atoms with Gasteiger partial charge in [-0.25, -0.2) is 4.98 Å². The summed E-state index contributed by atoms with van der Waals surface area (Å²) in [6.45, 7) is 1.99. The second kappa shape index (κ2) is 7.08. The molecule has 1 aliphatic rings. The summed E-state index contributed by atoms with van der Waals surface area (Å²) in [5, 5.41) is 9.17. The van der Waals surface area contributed by atoms with Gasteiger partial charge in [-0.1, -0.05) is 22.0 Å². The van der Waals surface area contributed by atoms with E-state index in [0.717, 1.165) is 38.6 Å². The first-order valence-corrected chi connectivity index (χ1v) is 9.39. The number of carboxylic acid groups (broad SMARTS) is 1. The maximum Gasteiger partial charge on any atom is 0.303 e. The molecule has 1 unspecified atom stereocenters. The van der Waals surface area contributed by atoms with Crippen LogP contribution in [0.1, 0.15) is 41.7 Å². The fourth-order valence-electron chi connectivity index (χ4n) is 3.34. The molecule has 0 radical (unpaired) electrons. The molecule has 3 heterocycles. The van der Waals surface area contributed by atoms with E-state index >= 15 is 0 Å². The van der Waals surface area contributed by atoms with Crippen molar-refractivity contribution in [2.45, 2.75) is 25.8 Å². The standard InChI is InChI=1S/C20H17BrN4O2/c1-12-11-23-20-16(6-8-18(26)27)24-19(15-4-2-3-9-22-15)14-10-13(21)5-7-17(14)25(12)20/h2-5,7,9-11,16H,6,8H2,1H3,(H,26,27). The minimum Gasteiger partial charge on any atom is -0.481 e. The fraction of sp³-hybridized carbons (Fsp3) is 0.200. The minimum atomic E-state index is -0.844. The number of hydrogen-bond acceptors (Lipinski definition) is 4. The molecule has 0 aliphatic carbocycles. The third-order valence-electron chi connectivity index (χ3n) is 4.54. The van der Waals surface area contributed by atoms with Gasteiger partial charge in [0.2, 0.25) is 0 Å². The summed E-state index contributed by atoms with van der Waals surface area (Å²) in [6.07, 6.45) is 3.93. The summed E-state index contributed by atoms with van der Waals surface area (Å²) < 4.78 is 3.00. The average molecular weight is 425 g/mol. The maximum atomic E-state index is 11.2. The maximum absolute atomic E-state index is 11.2. The van der Waals surface area contributed by atoms with Gasteiger partial charge in [0.15, 0.2) is 0 Å². The Balaban J connectivity index is 1.97. The number of hydrogen-bond donors (Lipinski definition) is 1. The Morgan fingerprint density at radius 3 is 2.85 bits per heavy atom. The molecule has 1 aromatic carbocycles. The molecule has 4 rings (SSSR count). The largest absolute Gasteiger partial charge is 0.481 e. The smallest absolute Gasteiger partial charge is 0.303 e. The number of carbonyl (C=O) groups is 1. The summed E-state index contributed by atoms with van der Waals surface area (Å²) in [6, 6.07) is 11.4. The number of rotatable bonds is 4. The van der Waals surface area contributed by atoms with E-state index in [4.69, 9.17) is 10.1 Å². The van der Waals surface area contributed by atoms with Gasteiger partial charge in [0, 0.05) is 34.5 Å². The van der Waals surface area contributed by atoms with Crippen LogP contribution in [0.5, 0.6) is 0 Å². The van der Waals surface area contributed by atoms with Crippen LogP contribution in [-0.4, -0.2) is 31.3 Å². The molecule has 0 saturated heterocycles. The third kappa shape index (κ3) is 3.30. The molecule has 136 valence electrons. The van der Waals surface area contributed by atoms with Gasteiger partial charge in [0.05, 0.1) is 17.1 Å². The number of halogens is 1. The molecule has 2 aromatic heterocycles. The quantitative estimate of drug-likeness (QED) is 0.683. The number of imidazole rings is 1. The van der Waals surface area contributed by atoms with E-state index in [1.54, 1.807) is 12.4 Å².